The van der Waals surface area contributed by atoms with Gasteiger partial charge >= 0.3 is 0 Å². The number of likely N-dealkylation sites (tertiary alicyclic amines) is 1. The van der Waals surface area contributed by atoms with E-state index in [-0.39, 0.29) is 16.8 Å². The fourth-order valence-electron chi connectivity index (χ4n) is 4.78. The molecule has 0 radical (unpaired) electrons. The standard InChI is InChI=1S/C26H25ClN2O5S/c27-20-7-5-18-14-22(8-6-17(18)13-20)35(33,34)16-24(30)26(32)28-11-9-21(10-12-28)29-15-19-3-1-2-4-23(19)25(29)31/h1-8,13-15,21,24,30-31H,9-12,16H2/t24-/m1/s1. The van der Waals surface area contributed by atoms with E-state index in [1.54, 1.807) is 24.3 Å². The lowest BCUT2D eigenvalue weighted by Gasteiger charge is -2.34. The molecule has 0 aliphatic carbocycles. The van der Waals surface area contributed by atoms with Crippen LogP contribution in [0.15, 0.2) is 71.8 Å². The second-order valence-corrected chi connectivity index (χ2v) is 11.4. The molecular formula is C26H25ClN2O5S. The lowest BCUT2D eigenvalue weighted by Crippen LogP contribution is -2.46. The summed E-state index contributed by atoms with van der Waals surface area (Å²) in [5.41, 5.74) is 0. The summed E-state index contributed by atoms with van der Waals surface area (Å²) in [6, 6.07) is 17.4. The molecule has 9 heteroatoms. The molecule has 0 spiro atoms. The fraction of sp³-hybridized carbons (Fsp3) is 0.269. The number of aliphatic hydroxyl groups is 1. The first kappa shape index (κ1) is 23.7. The van der Waals surface area contributed by atoms with Crippen molar-refractivity contribution >= 4 is 48.9 Å². The van der Waals surface area contributed by atoms with Gasteiger partial charge in [0.1, 0.15) is 6.10 Å². The number of rotatable bonds is 5. The van der Waals surface area contributed by atoms with Crippen molar-refractivity contribution in [1.29, 1.82) is 0 Å². The molecule has 0 saturated carbocycles. The number of aromatic hydroxyl groups is 1. The number of amides is 1. The topological polar surface area (TPSA) is 99.8 Å². The first-order chi connectivity index (χ1) is 16.7. The molecule has 1 aromatic heterocycles. The van der Waals surface area contributed by atoms with Crippen LogP contribution in [0.2, 0.25) is 5.02 Å². The van der Waals surface area contributed by atoms with Crippen LogP contribution >= 0.6 is 11.6 Å². The number of halogens is 1. The molecule has 7 nitrogen and oxygen atoms in total. The van der Waals surface area contributed by atoms with Crippen molar-refractivity contribution in [2.75, 3.05) is 18.8 Å². The molecular weight excluding hydrogens is 488 g/mol. The van der Waals surface area contributed by atoms with Gasteiger partial charge in [0.15, 0.2) is 15.7 Å². The minimum Gasteiger partial charge on any atom is -0.494 e. The molecule has 1 aliphatic rings. The monoisotopic (exact) mass is 512 g/mol. The molecule has 0 bridgehead atoms. The van der Waals surface area contributed by atoms with Crippen molar-refractivity contribution in [2.24, 2.45) is 0 Å². The average molecular weight is 513 g/mol. The number of benzene rings is 3. The Labute approximate surface area is 208 Å². The summed E-state index contributed by atoms with van der Waals surface area (Å²) in [7, 11) is -3.89. The van der Waals surface area contributed by atoms with Crippen LogP contribution in [-0.2, 0) is 14.6 Å². The summed E-state index contributed by atoms with van der Waals surface area (Å²) in [6.07, 6.45) is 1.44. The number of fused-ring (bicyclic) bond motifs is 2. The molecule has 4 aromatic rings. The summed E-state index contributed by atoms with van der Waals surface area (Å²) >= 11 is 5.99. The molecule has 2 N–H and O–H groups in total. The van der Waals surface area contributed by atoms with Gasteiger partial charge < -0.3 is 19.7 Å². The maximum absolute atomic E-state index is 12.9. The summed E-state index contributed by atoms with van der Waals surface area (Å²) in [5, 5.41) is 24.9. The van der Waals surface area contributed by atoms with E-state index in [0.717, 1.165) is 16.2 Å². The second kappa shape index (κ2) is 9.18. The van der Waals surface area contributed by atoms with E-state index in [2.05, 4.69) is 0 Å². The van der Waals surface area contributed by atoms with Gasteiger partial charge in [-0.15, -0.1) is 0 Å². The quantitative estimate of drug-likeness (QED) is 0.418. The molecule has 182 valence electrons. The molecule has 1 fully saturated rings. The highest BCUT2D eigenvalue weighted by Gasteiger charge is 2.32. The number of sulfone groups is 1. The van der Waals surface area contributed by atoms with Gasteiger partial charge in [0.25, 0.3) is 5.91 Å². The van der Waals surface area contributed by atoms with Gasteiger partial charge in [0.05, 0.1) is 10.6 Å². The zero-order chi connectivity index (χ0) is 24.7. The number of piperidine rings is 1. The third-order valence-corrected chi connectivity index (χ3v) is 8.65. The first-order valence-corrected chi connectivity index (χ1v) is 13.4. The molecule has 2 heterocycles. The molecule has 3 aromatic carbocycles. The minimum atomic E-state index is -3.89. The summed E-state index contributed by atoms with van der Waals surface area (Å²) in [4.78, 5) is 14.4. The molecule has 5 rings (SSSR count). The van der Waals surface area contributed by atoms with Crippen LogP contribution in [0.1, 0.15) is 18.9 Å². The SMILES string of the molecule is O=C([C@H](O)CS(=O)(=O)c1ccc2cc(Cl)ccc2c1)N1CCC(n2cc3ccccc3c2O)CC1. The van der Waals surface area contributed by atoms with E-state index in [4.69, 9.17) is 11.6 Å². The van der Waals surface area contributed by atoms with Crippen molar-refractivity contribution in [2.45, 2.75) is 29.9 Å². The largest absolute Gasteiger partial charge is 0.494 e. The lowest BCUT2D eigenvalue weighted by molar-refractivity contribution is -0.140. The van der Waals surface area contributed by atoms with Crippen molar-refractivity contribution < 1.29 is 23.4 Å². The molecule has 1 aliphatic heterocycles. The number of nitrogens with zero attached hydrogens (tertiary/aromatic N) is 2. The number of hydrogen-bond acceptors (Lipinski definition) is 5. The van der Waals surface area contributed by atoms with Crippen LogP contribution in [0, 0.1) is 0 Å². The van der Waals surface area contributed by atoms with Crippen LogP contribution in [-0.4, -0.2) is 59.0 Å². The smallest absolute Gasteiger partial charge is 0.252 e. The maximum Gasteiger partial charge on any atom is 0.252 e. The highest BCUT2D eigenvalue weighted by Crippen LogP contribution is 2.34. The van der Waals surface area contributed by atoms with Crippen LogP contribution in [0.4, 0.5) is 0 Å². The van der Waals surface area contributed by atoms with Crippen molar-refractivity contribution in [1.82, 2.24) is 9.47 Å². The Morgan fingerprint density at radius 3 is 2.43 bits per heavy atom. The number of hydrogen-bond donors (Lipinski definition) is 2. The van der Waals surface area contributed by atoms with Crippen LogP contribution < -0.4 is 0 Å². The predicted molar refractivity (Wildman–Crippen MR) is 135 cm³/mol. The zero-order valence-corrected chi connectivity index (χ0v) is 20.4. The molecule has 1 amide bonds. The minimum absolute atomic E-state index is 0.0124. The third-order valence-electron chi connectivity index (χ3n) is 6.69. The Morgan fingerprint density at radius 2 is 1.69 bits per heavy atom. The van der Waals surface area contributed by atoms with Crippen LogP contribution in [0.25, 0.3) is 21.5 Å². The third kappa shape index (κ3) is 4.61. The van der Waals surface area contributed by atoms with Crippen LogP contribution in [0.3, 0.4) is 0 Å². The van der Waals surface area contributed by atoms with Gasteiger partial charge in [-0.2, -0.15) is 0 Å². The van der Waals surface area contributed by atoms with Gasteiger partial charge in [-0.3, -0.25) is 4.79 Å². The Hall–Kier alpha value is -3.07. The number of aromatic nitrogens is 1. The highest BCUT2D eigenvalue weighted by molar-refractivity contribution is 7.91. The Bertz CT molecular complexity index is 1520. The van der Waals surface area contributed by atoms with E-state index < -0.39 is 27.6 Å². The average Bonchev–Trinajstić information content (AvgIpc) is 3.19. The zero-order valence-electron chi connectivity index (χ0n) is 18.8. The normalized spacial score (nSPS) is 16.1. The molecule has 0 unspecified atom stereocenters. The Morgan fingerprint density at radius 1 is 1.00 bits per heavy atom. The number of carbonyl (C=O) groups is 1. The van der Waals surface area contributed by atoms with Crippen molar-refractivity contribution in [3.63, 3.8) is 0 Å². The van der Waals surface area contributed by atoms with Crippen LogP contribution in [0.5, 0.6) is 5.88 Å². The second-order valence-electron chi connectivity index (χ2n) is 8.95. The van der Waals surface area contributed by atoms with Gasteiger partial charge in [0.2, 0.25) is 0 Å². The van der Waals surface area contributed by atoms with Crippen molar-refractivity contribution in [3.05, 3.63) is 71.9 Å². The van der Waals surface area contributed by atoms with Gasteiger partial charge in [-0.05, 0) is 53.9 Å². The number of aliphatic hydroxyl groups excluding tert-OH is 1. The molecule has 1 atom stereocenters. The lowest BCUT2D eigenvalue weighted by atomic mass is 10.0. The Kier molecular flexibility index (Phi) is 6.21. The van der Waals surface area contributed by atoms with Gasteiger partial charge in [-0.1, -0.05) is 41.9 Å². The van der Waals surface area contributed by atoms with Gasteiger partial charge in [0, 0.05) is 41.1 Å². The maximum atomic E-state index is 12.9. The first-order valence-electron chi connectivity index (χ1n) is 11.4. The summed E-state index contributed by atoms with van der Waals surface area (Å²) < 4.78 is 27.7. The summed E-state index contributed by atoms with van der Waals surface area (Å²) in [6.45, 7) is 0.733. The highest BCUT2D eigenvalue weighted by atomic mass is 35.5. The van der Waals surface area contributed by atoms with Crippen molar-refractivity contribution in [3.8, 4) is 5.88 Å². The van der Waals surface area contributed by atoms with E-state index in [0.29, 0.717) is 36.3 Å². The predicted octanol–water partition coefficient (Wildman–Crippen LogP) is 4.15. The van der Waals surface area contributed by atoms with E-state index in [9.17, 15) is 23.4 Å². The fourth-order valence-corrected chi connectivity index (χ4v) is 6.29. The van der Waals surface area contributed by atoms with E-state index in [1.807, 2.05) is 35.0 Å². The molecule has 1 saturated heterocycles. The Balaban J connectivity index is 1.24. The van der Waals surface area contributed by atoms with Gasteiger partial charge in [-0.25, -0.2) is 8.42 Å². The molecule has 35 heavy (non-hydrogen) atoms. The van der Waals surface area contributed by atoms with E-state index in [1.165, 1.54) is 17.0 Å². The summed E-state index contributed by atoms with van der Waals surface area (Å²) in [5.74, 6) is -1.08. The number of carbonyl (C=O) groups excluding carboxylic acids is 1. The van der Waals surface area contributed by atoms with E-state index >= 15 is 0 Å².